The number of carbonyl (C=O) groups is 5. The van der Waals surface area contributed by atoms with Crippen molar-refractivity contribution in [3.63, 3.8) is 0 Å². The molecule has 0 radical (unpaired) electrons. The highest BCUT2D eigenvalue weighted by atomic mass is 32.1. The average Bonchev–Trinajstić information content (AvgIpc) is 1.98. The maximum Gasteiger partial charge on any atom is 0.305 e. The molecule has 3 heterocycles. The number of hydrogen-bond acceptors (Lipinski definition) is 14. The second-order valence-corrected chi connectivity index (χ2v) is 23.0. The highest BCUT2D eigenvalue weighted by Crippen LogP contribution is 2.43. The Hall–Kier alpha value is -7.37. The highest BCUT2D eigenvalue weighted by molar-refractivity contribution is 7.13. The van der Waals surface area contributed by atoms with E-state index in [1.165, 1.54) is 17.0 Å². The molecule has 6 aromatic rings. The first-order valence-corrected chi connectivity index (χ1v) is 29.0. The Morgan fingerprint density at radius 3 is 2.07 bits per heavy atom. The molecular weight excluding hydrogens is 1100 g/mol. The lowest BCUT2D eigenvalue weighted by atomic mass is 9.85. The monoisotopic (exact) mass is 1180 g/mol. The number of amides is 4. The van der Waals surface area contributed by atoms with E-state index >= 15 is 0 Å². The van der Waals surface area contributed by atoms with Gasteiger partial charge in [-0.1, -0.05) is 89.2 Å². The zero-order valence-corrected chi connectivity index (χ0v) is 49.2. The van der Waals surface area contributed by atoms with Gasteiger partial charge in [0.15, 0.2) is 0 Å². The Morgan fingerprint density at radius 2 is 1.45 bits per heavy atom. The maximum absolute atomic E-state index is 14.6. The van der Waals surface area contributed by atoms with Crippen LogP contribution >= 0.6 is 11.3 Å². The van der Waals surface area contributed by atoms with Crippen molar-refractivity contribution in [2.75, 3.05) is 58.1 Å². The van der Waals surface area contributed by atoms with E-state index in [0.717, 1.165) is 27.3 Å². The van der Waals surface area contributed by atoms with Crippen molar-refractivity contribution in [1.82, 2.24) is 25.1 Å². The number of aryl methyl sites for hydroxylation is 1. The van der Waals surface area contributed by atoms with Crippen molar-refractivity contribution in [2.45, 2.75) is 117 Å². The summed E-state index contributed by atoms with van der Waals surface area (Å²) in [6, 6.07) is 28.1. The van der Waals surface area contributed by atoms with E-state index in [2.05, 4.69) is 20.9 Å². The Morgan fingerprint density at radius 1 is 0.810 bits per heavy atom. The van der Waals surface area contributed by atoms with E-state index in [4.69, 9.17) is 24.1 Å². The first kappa shape index (κ1) is 64.2. The molecule has 1 saturated heterocycles. The number of anilines is 1. The summed E-state index contributed by atoms with van der Waals surface area (Å²) in [7, 11) is 0. The van der Waals surface area contributed by atoms with Crippen LogP contribution < -0.4 is 20.7 Å². The van der Waals surface area contributed by atoms with E-state index in [-0.39, 0.29) is 91.1 Å². The molecule has 21 heteroatoms. The number of likely N-dealkylation sites (tertiary alicyclic amines) is 1. The van der Waals surface area contributed by atoms with Gasteiger partial charge in [-0.05, 0) is 102 Å². The number of hydrogen-bond donors (Lipinski definition) is 7. The van der Waals surface area contributed by atoms with Crippen molar-refractivity contribution in [2.24, 2.45) is 5.41 Å². The minimum absolute atomic E-state index is 0.0452. The molecular formula is C63H77FN6O13S. The minimum Gasteiger partial charge on any atom is -0.491 e. The van der Waals surface area contributed by atoms with Crippen molar-refractivity contribution >= 4 is 46.6 Å². The predicted octanol–water partition coefficient (Wildman–Crippen LogP) is 7.98. The molecule has 0 bridgehead atoms. The van der Waals surface area contributed by atoms with Crippen molar-refractivity contribution in [3.05, 3.63) is 137 Å². The second kappa shape index (κ2) is 30.4. The largest absolute Gasteiger partial charge is 0.491 e. The summed E-state index contributed by atoms with van der Waals surface area (Å²) < 4.78 is 39.0. The number of ether oxygens (including phenoxy) is 4. The summed E-state index contributed by atoms with van der Waals surface area (Å²) >= 11 is 1.56. The third-order valence-corrected chi connectivity index (χ3v) is 15.2. The van der Waals surface area contributed by atoms with Crippen LogP contribution in [0.25, 0.3) is 32.8 Å². The molecule has 4 amide bonds. The number of thiazole rings is 1. The molecule has 1 fully saturated rings. The van der Waals surface area contributed by atoms with E-state index < -0.39 is 77.6 Å². The smallest absolute Gasteiger partial charge is 0.305 e. The van der Waals surface area contributed by atoms with Gasteiger partial charge in [-0.2, -0.15) is 0 Å². The summed E-state index contributed by atoms with van der Waals surface area (Å²) in [5.41, 5.74) is 8.10. The predicted molar refractivity (Wildman–Crippen MR) is 317 cm³/mol. The second-order valence-electron chi connectivity index (χ2n) is 22.1. The summed E-state index contributed by atoms with van der Waals surface area (Å²) in [5, 5.41) is 49.7. The van der Waals surface area contributed by atoms with E-state index in [9.17, 15) is 43.7 Å². The molecule has 7 rings (SSSR count). The zero-order valence-electron chi connectivity index (χ0n) is 48.3. The van der Waals surface area contributed by atoms with E-state index in [1.54, 1.807) is 53.2 Å². The highest BCUT2D eigenvalue weighted by Gasteiger charge is 2.44. The number of aliphatic hydroxyl groups excluding tert-OH is 3. The zero-order chi connectivity index (χ0) is 60.5. The third-order valence-electron chi connectivity index (χ3n) is 14.2. The number of halogens is 1. The fourth-order valence-corrected chi connectivity index (χ4v) is 10.9. The fraction of sp³-hybridized carbons (Fsp3) is 0.429. The molecule has 84 heavy (non-hydrogen) atoms. The van der Waals surface area contributed by atoms with Gasteiger partial charge in [0.1, 0.15) is 36.9 Å². The standard InChI is InChI=1S/C63H77FN6O13S/c1-39(2)56-55(54(42-10-8-7-9-11-42)57(43-16-18-45(64)19-17-43)69(56)25-24-47(71)32-48(72)34-53(75)76)61(78)67-46-20-22-50(23-21-46)83-31-30-81-27-26-80-28-29-82-37-52(74)68-59(63(4,5)6)62(79)70-36-49(73)33-51(70)60(77)65-35-41-12-14-44(15-13-41)58-40(3)66-38-84-58/h7-23,38-39,47-49,51,59,71-73H,24-37H2,1-6H3,(H,65,77)(H,67,78)(H,68,74)(H,75,76)/t47-,48-,49+,51-,59+/m0/s1. The molecule has 450 valence electrons. The number of benzene rings is 4. The van der Waals surface area contributed by atoms with Crippen LogP contribution in [-0.2, 0) is 46.5 Å². The summed E-state index contributed by atoms with van der Waals surface area (Å²) in [4.78, 5) is 73.1. The molecule has 0 saturated carbocycles. The summed E-state index contributed by atoms with van der Waals surface area (Å²) in [5.74, 6) is -3.07. The number of β-amino-alcohol motifs (C(OH)–C–C–N with tert-alkyl or cyclic N) is 1. The topological polar surface area (TPSA) is 260 Å². The fourth-order valence-electron chi connectivity index (χ4n) is 10.1. The molecule has 2 aromatic heterocycles. The Labute approximate surface area is 493 Å². The molecule has 0 spiro atoms. The number of carboxylic acid groups (broad SMARTS) is 1. The minimum atomic E-state index is -1.24. The van der Waals surface area contributed by atoms with Gasteiger partial charge >= 0.3 is 5.97 Å². The van der Waals surface area contributed by atoms with Crippen molar-refractivity contribution < 1.29 is 67.7 Å². The quantitative estimate of drug-likeness (QED) is 0.0211. The lowest BCUT2D eigenvalue weighted by Gasteiger charge is -2.35. The average molecular weight is 1180 g/mol. The van der Waals surface area contributed by atoms with Crippen LogP contribution in [0.3, 0.4) is 0 Å². The van der Waals surface area contributed by atoms with Gasteiger partial charge in [0.25, 0.3) is 5.91 Å². The molecule has 4 aromatic carbocycles. The molecule has 19 nitrogen and oxygen atoms in total. The number of nitrogens with zero attached hydrogens (tertiary/aromatic N) is 3. The Bertz CT molecular complexity index is 3130. The maximum atomic E-state index is 14.6. The molecule has 7 N–H and O–H groups in total. The van der Waals surface area contributed by atoms with Crippen LogP contribution in [0.5, 0.6) is 5.75 Å². The number of carbonyl (C=O) groups excluding carboxylic acids is 4. The molecule has 1 aliphatic heterocycles. The molecule has 5 atom stereocenters. The number of aliphatic carboxylic acids is 1. The lowest BCUT2D eigenvalue weighted by molar-refractivity contribution is -0.144. The van der Waals surface area contributed by atoms with Gasteiger partial charge in [0, 0.05) is 43.0 Å². The SMILES string of the molecule is Cc1ncsc1-c1ccc(CNC(=O)[C@@H]2C[C@@H](O)CN2C(=O)[C@@H](NC(=O)COCCOCCOCCOc2ccc(NC(=O)c3c(-c4ccccc4)c(-c4ccc(F)cc4)n(CC[C@H](O)C[C@H](O)CC(=O)O)c3C(C)C)cc2)C(C)(C)C)cc1. The first-order valence-electron chi connectivity index (χ1n) is 28.2. The van der Waals surface area contributed by atoms with Crippen LogP contribution in [0.4, 0.5) is 10.1 Å². The molecule has 0 unspecified atom stereocenters. The number of rotatable bonds is 30. The van der Waals surface area contributed by atoms with Gasteiger partial charge in [-0.3, -0.25) is 24.0 Å². The van der Waals surface area contributed by atoms with Gasteiger partial charge in [-0.15, -0.1) is 11.3 Å². The van der Waals surface area contributed by atoms with Gasteiger partial charge < -0.3 is 64.8 Å². The molecule has 0 aliphatic carbocycles. The Kier molecular flexibility index (Phi) is 23.3. The summed E-state index contributed by atoms with van der Waals surface area (Å²) in [6.45, 7) is 12.6. The van der Waals surface area contributed by atoms with Crippen LogP contribution in [0.2, 0.25) is 0 Å². The Balaban J connectivity index is 0.838. The summed E-state index contributed by atoms with van der Waals surface area (Å²) in [6.07, 6.45) is -3.65. The number of aromatic nitrogens is 2. The molecule has 1 aliphatic rings. The normalized spacial score (nSPS) is 15.4. The lowest BCUT2D eigenvalue weighted by Crippen LogP contribution is -2.58. The van der Waals surface area contributed by atoms with Crippen LogP contribution in [0, 0.1) is 18.2 Å². The van der Waals surface area contributed by atoms with Gasteiger partial charge in [0.05, 0.1) is 85.1 Å². The third kappa shape index (κ3) is 17.8. The number of nitrogens with one attached hydrogen (secondary N) is 3. The van der Waals surface area contributed by atoms with E-state index in [1.807, 2.05) is 101 Å². The first-order chi connectivity index (χ1) is 40.2. The van der Waals surface area contributed by atoms with Crippen molar-refractivity contribution in [1.29, 1.82) is 0 Å². The van der Waals surface area contributed by atoms with Gasteiger partial charge in [0.2, 0.25) is 17.7 Å². The number of aliphatic hydroxyl groups is 3. The van der Waals surface area contributed by atoms with Crippen LogP contribution in [0.15, 0.2) is 109 Å². The number of carboxylic acids is 1. The van der Waals surface area contributed by atoms with Crippen LogP contribution in [-0.4, -0.2) is 148 Å². The van der Waals surface area contributed by atoms with Gasteiger partial charge in [-0.25, -0.2) is 9.37 Å². The van der Waals surface area contributed by atoms with Crippen molar-refractivity contribution in [3.8, 4) is 38.6 Å². The van der Waals surface area contributed by atoms with E-state index in [0.29, 0.717) is 39.5 Å². The van der Waals surface area contributed by atoms with Crippen LogP contribution in [0.1, 0.15) is 93.5 Å².